The summed E-state index contributed by atoms with van der Waals surface area (Å²) >= 11 is 0. The molecule has 5 nitrogen and oxygen atoms in total. The Hall–Kier alpha value is -2.04. The third kappa shape index (κ3) is 2.61. The molecule has 1 heterocycles. The summed E-state index contributed by atoms with van der Waals surface area (Å²) in [5.74, 6) is -0.518. The van der Waals surface area contributed by atoms with Crippen LogP contribution in [0.4, 0.5) is 5.69 Å². The number of amides is 1. The van der Waals surface area contributed by atoms with Crippen LogP contribution in [0.5, 0.6) is 5.75 Å². The van der Waals surface area contributed by atoms with Crippen molar-refractivity contribution in [2.45, 2.75) is 19.3 Å². The van der Waals surface area contributed by atoms with Gasteiger partial charge in [0.15, 0.2) is 0 Å². The van der Waals surface area contributed by atoms with E-state index in [1.54, 1.807) is 19.2 Å². The molecule has 5 heteroatoms. The van der Waals surface area contributed by atoms with Crippen molar-refractivity contribution in [3.63, 3.8) is 0 Å². The Labute approximate surface area is 105 Å². The van der Waals surface area contributed by atoms with Crippen LogP contribution in [-0.4, -0.2) is 24.1 Å². The molecule has 1 aromatic carbocycles. The number of benzene rings is 1. The predicted octanol–water partition coefficient (Wildman–Crippen LogP) is 1.67. The minimum atomic E-state index is -0.876. The summed E-state index contributed by atoms with van der Waals surface area (Å²) in [4.78, 5) is 22.3. The van der Waals surface area contributed by atoms with Crippen molar-refractivity contribution >= 4 is 17.6 Å². The van der Waals surface area contributed by atoms with Gasteiger partial charge in [0.2, 0.25) is 5.91 Å². The molecular formula is C13H15NO4. The number of carboxylic acids is 1. The quantitative estimate of drug-likeness (QED) is 0.851. The van der Waals surface area contributed by atoms with Gasteiger partial charge in [-0.3, -0.25) is 9.59 Å². The summed E-state index contributed by atoms with van der Waals surface area (Å²) in [6.45, 7) is 0. The fraction of sp³-hybridized carbons (Fsp3) is 0.385. The smallest absolute Gasteiger partial charge is 0.303 e. The number of hydrogen-bond acceptors (Lipinski definition) is 3. The molecule has 0 radical (unpaired) electrons. The molecular weight excluding hydrogens is 234 g/mol. The second kappa shape index (κ2) is 5.08. The first-order valence-electron chi connectivity index (χ1n) is 5.79. The van der Waals surface area contributed by atoms with Crippen molar-refractivity contribution in [2.24, 2.45) is 5.92 Å². The van der Waals surface area contributed by atoms with Gasteiger partial charge in [-0.1, -0.05) is 0 Å². The number of carbonyl (C=O) groups is 2. The molecule has 1 aromatic rings. The van der Waals surface area contributed by atoms with Crippen LogP contribution in [0, 0.1) is 5.92 Å². The number of methoxy groups -OCH3 is 1. The average molecular weight is 249 g/mol. The molecule has 0 unspecified atom stereocenters. The molecule has 0 spiro atoms. The van der Waals surface area contributed by atoms with E-state index in [0.717, 1.165) is 17.0 Å². The van der Waals surface area contributed by atoms with E-state index < -0.39 is 5.97 Å². The molecule has 1 aliphatic rings. The SMILES string of the molecule is COc1ccc2c(c1)C[C@H](CCC(=O)O)C(=O)N2. The van der Waals surface area contributed by atoms with Crippen molar-refractivity contribution in [1.29, 1.82) is 0 Å². The van der Waals surface area contributed by atoms with Crippen molar-refractivity contribution in [3.05, 3.63) is 23.8 Å². The zero-order valence-electron chi connectivity index (χ0n) is 10.1. The van der Waals surface area contributed by atoms with E-state index in [1.807, 2.05) is 6.07 Å². The van der Waals surface area contributed by atoms with Gasteiger partial charge in [0.05, 0.1) is 7.11 Å². The maximum Gasteiger partial charge on any atom is 0.303 e. The van der Waals surface area contributed by atoms with Gasteiger partial charge in [0.25, 0.3) is 0 Å². The second-order valence-electron chi connectivity index (χ2n) is 4.35. The van der Waals surface area contributed by atoms with Crippen molar-refractivity contribution in [3.8, 4) is 5.75 Å². The lowest BCUT2D eigenvalue weighted by atomic mass is 9.89. The molecule has 0 aromatic heterocycles. The van der Waals surface area contributed by atoms with Crippen LogP contribution in [0.2, 0.25) is 0 Å². The first kappa shape index (κ1) is 12.4. The summed E-state index contributed by atoms with van der Waals surface area (Å²) in [5, 5.41) is 11.5. The van der Waals surface area contributed by atoms with Gasteiger partial charge in [-0.2, -0.15) is 0 Å². The monoisotopic (exact) mass is 249 g/mol. The lowest BCUT2D eigenvalue weighted by Gasteiger charge is -2.24. The minimum Gasteiger partial charge on any atom is -0.497 e. The fourth-order valence-electron chi connectivity index (χ4n) is 2.11. The maximum absolute atomic E-state index is 11.8. The zero-order chi connectivity index (χ0) is 13.1. The number of hydrogen-bond donors (Lipinski definition) is 2. The number of ether oxygens (including phenoxy) is 1. The summed E-state index contributed by atoms with van der Waals surface area (Å²) in [5.41, 5.74) is 1.77. The van der Waals surface area contributed by atoms with Gasteiger partial charge in [-0.05, 0) is 36.6 Å². The Morgan fingerprint density at radius 2 is 2.33 bits per heavy atom. The molecule has 18 heavy (non-hydrogen) atoms. The van der Waals surface area contributed by atoms with Crippen LogP contribution >= 0.6 is 0 Å². The van der Waals surface area contributed by atoms with Crippen LogP contribution in [0.25, 0.3) is 0 Å². The predicted molar refractivity (Wildman–Crippen MR) is 65.7 cm³/mol. The molecule has 1 amide bonds. The average Bonchev–Trinajstić information content (AvgIpc) is 2.35. The molecule has 0 saturated carbocycles. The number of carbonyl (C=O) groups excluding carboxylic acids is 1. The molecule has 1 aliphatic heterocycles. The van der Waals surface area contributed by atoms with E-state index in [9.17, 15) is 9.59 Å². The van der Waals surface area contributed by atoms with Crippen LogP contribution in [0.1, 0.15) is 18.4 Å². The number of fused-ring (bicyclic) bond motifs is 1. The van der Waals surface area contributed by atoms with E-state index in [0.29, 0.717) is 12.8 Å². The lowest BCUT2D eigenvalue weighted by molar-refractivity contribution is -0.137. The Balaban J connectivity index is 2.14. The lowest BCUT2D eigenvalue weighted by Crippen LogP contribution is -2.30. The number of aliphatic carboxylic acids is 1. The van der Waals surface area contributed by atoms with Gasteiger partial charge < -0.3 is 15.2 Å². The zero-order valence-corrected chi connectivity index (χ0v) is 10.1. The molecule has 0 bridgehead atoms. The topological polar surface area (TPSA) is 75.6 Å². The van der Waals surface area contributed by atoms with E-state index >= 15 is 0 Å². The highest BCUT2D eigenvalue weighted by Crippen LogP contribution is 2.30. The highest BCUT2D eigenvalue weighted by molar-refractivity contribution is 5.96. The number of anilines is 1. The second-order valence-corrected chi connectivity index (χ2v) is 4.35. The molecule has 2 N–H and O–H groups in total. The Kier molecular flexibility index (Phi) is 3.50. The van der Waals surface area contributed by atoms with Gasteiger partial charge in [0, 0.05) is 18.0 Å². The third-order valence-electron chi connectivity index (χ3n) is 3.11. The van der Waals surface area contributed by atoms with E-state index in [1.165, 1.54) is 0 Å². The molecule has 0 fully saturated rings. The normalized spacial score (nSPS) is 17.8. The molecule has 96 valence electrons. The van der Waals surface area contributed by atoms with Crippen molar-refractivity contribution < 1.29 is 19.4 Å². The van der Waals surface area contributed by atoms with E-state index in [-0.39, 0.29) is 18.2 Å². The van der Waals surface area contributed by atoms with Crippen molar-refractivity contribution in [2.75, 3.05) is 12.4 Å². The van der Waals surface area contributed by atoms with Crippen LogP contribution in [-0.2, 0) is 16.0 Å². The highest BCUT2D eigenvalue weighted by atomic mass is 16.5. The first-order valence-corrected chi connectivity index (χ1v) is 5.79. The first-order chi connectivity index (χ1) is 8.60. The fourth-order valence-corrected chi connectivity index (χ4v) is 2.11. The van der Waals surface area contributed by atoms with Gasteiger partial charge >= 0.3 is 5.97 Å². The number of carboxylic acid groups (broad SMARTS) is 1. The van der Waals surface area contributed by atoms with Gasteiger partial charge in [-0.25, -0.2) is 0 Å². The number of rotatable bonds is 4. The Morgan fingerprint density at radius 3 is 3.00 bits per heavy atom. The number of nitrogens with one attached hydrogen (secondary N) is 1. The third-order valence-corrected chi connectivity index (χ3v) is 3.11. The highest BCUT2D eigenvalue weighted by Gasteiger charge is 2.26. The summed E-state index contributed by atoms with van der Waals surface area (Å²) in [6.07, 6.45) is 0.931. The molecule has 0 saturated heterocycles. The Bertz CT molecular complexity index is 484. The summed E-state index contributed by atoms with van der Waals surface area (Å²) < 4.78 is 5.13. The van der Waals surface area contributed by atoms with Gasteiger partial charge in [0.1, 0.15) is 5.75 Å². The van der Waals surface area contributed by atoms with Crippen LogP contribution < -0.4 is 10.1 Å². The van der Waals surface area contributed by atoms with E-state index in [2.05, 4.69) is 5.32 Å². The minimum absolute atomic E-state index is 0.0113. The Morgan fingerprint density at radius 1 is 1.56 bits per heavy atom. The van der Waals surface area contributed by atoms with E-state index in [4.69, 9.17) is 9.84 Å². The molecule has 0 aliphatic carbocycles. The maximum atomic E-state index is 11.8. The largest absolute Gasteiger partial charge is 0.497 e. The van der Waals surface area contributed by atoms with Gasteiger partial charge in [-0.15, -0.1) is 0 Å². The molecule has 1 atom stereocenters. The van der Waals surface area contributed by atoms with Crippen LogP contribution in [0.3, 0.4) is 0 Å². The summed E-state index contributed by atoms with van der Waals surface area (Å²) in [7, 11) is 1.59. The summed E-state index contributed by atoms with van der Waals surface area (Å²) in [6, 6.07) is 5.47. The molecule has 2 rings (SSSR count). The van der Waals surface area contributed by atoms with Crippen molar-refractivity contribution in [1.82, 2.24) is 0 Å². The standard InChI is InChI=1S/C13H15NO4/c1-18-10-3-4-11-9(7-10)6-8(13(17)14-11)2-5-12(15)16/h3-4,7-8H,2,5-6H2,1H3,(H,14,17)(H,15,16)/t8-/m0/s1. The van der Waals surface area contributed by atoms with Crippen LogP contribution in [0.15, 0.2) is 18.2 Å².